The standard InChI is InChI=1S/C11H8ClN3O4/c12-10-9(15(17)18)11(14-6-13-10)19-8-4-2-1-3-7(8)5-16/h1-4,6,16H,5H2. The molecule has 19 heavy (non-hydrogen) atoms. The Kier molecular flexibility index (Phi) is 3.88. The van der Waals surface area contributed by atoms with Gasteiger partial charge >= 0.3 is 11.6 Å². The van der Waals surface area contributed by atoms with Crippen LogP contribution in [0.25, 0.3) is 0 Å². The first-order valence-corrected chi connectivity index (χ1v) is 5.52. The molecular formula is C11H8ClN3O4. The first-order valence-electron chi connectivity index (χ1n) is 5.15. The lowest BCUT2D eigenvalue weighted by atomic mass is 10.2. The molecule has 0 aliphatic heterocycles. The molecule has 0 amide bonds. The zero-order valence-electron chi connectivity index (χ0n) is 9.49. The Labute approximate surface area is 112 Å². The van der Waals surface area contributed by atoms with E-state index < -0.39 is 10.6 Å². The number of ether oxygens (including phenoxy) is 1. The van der Waals surface area contributed by atoms with Crippen molar-refractivity contribution < 1.29 is 14.8 Å². The number of nitrogens with zero attached hydrogens (tertiary/aromatic N) is 3. The minimum Gasteiger partial charge on any atom is -0.433 e. The molecule has 1 aromatic carbocycles. The molecule has 0 spiro atoms. The molecule has 0 saturated carbocycles. The van der Waals surface area contributed by atoms with Crippen molar-refractivity contribution in [3.63, 3.8) is 0 Å². The summed E-state index contributed by atoms with van der Waals surface area (Å²) in [5.41, 5.74) is -0.0385. The van der Waals surface area contributed by atoms with Gasteiger partial charge in [0.2, 0.25) is 5.15 Å². The minimum absolute atomic E-state index is 0.261. The third kappa shape index (κ3) is 2.78. The molecule has 8 heteroatoms. The van der Waals surface area contributed by atoms with Crippen LogP contribution < -0.4 is 4.74 Å². The fourth-order valence-electron chi connectivity index (χ4n) is 1.41. The fourth-order valence-corrected chi connectivity index (χ4v) is 1.60. The maximum atomic E-state index is 10.9. The van der Waals surface area contributed by atoms with Crippen molar-refractivity contribution >= 4 is 17.3 Å². The van der Waals surface area contributed by atoms with Gasteiger partial charge in [0.15, 0.2) is 0 Å². The van der Waals surface area contributed by atoms with Crippen molar-refractivity contribution in [2.45, 2.75) is 6.61 Å². The predicted molar refractivity (Wildman–Crippen MR) is 66.1 cm³/mol. The maximum Gasteiger partial charge on any atom is 0.368 e. The summed E-state index contributed by atoms with van der Waals surface area (Å²) in [5, 5.41) is 19.7. The Bertz CT molecular complexity index is 621. The predicted octanol–water partition coefficient (Wildman–Crippen LogP) is 2.32. The van der Waals surface area contributed by atoms with Gasteiger partial charge in [-0.2, -0.15) is 4.98 Å². The zero-order chi connectivity index (χ0) is 13.8. The van der Waals surface area contributed by atoms with Gasteiger partial charge < -0.3 is 9.84 Å². The van der Waals surface area contributed by atoms with Crippen molar-refractivity contribution in [3.05, 3.63) is 51.4 Å². The number of nitro groups is 1. The van der Waals surface area contributed by atoms with E-state index >= 15 is 0 Å². The minimum atomic E-state index is -0.723. The molecule has 2 rings (SSSR count). The summed E-state index contributed by atoms with van der Waals surface area (Å²) in [6.45, 7) is -0.261. The van der Waals surface area contributed by atoms with Gasteiger partial charge in [0, 0.05) is 5.56 Å². The molecule has 0 aliphatic carbocycles. The van der Waals surface area contributed by atoms with Crippen LogP contribution in [0, 0.1) is 10.1 Å². The molecule has 0 fully saturated rings. The van der Waals surface area contributed by atoms with Crippen LogP contribution in [-0.2, 0) is 6.61 Å². The Morgan fingerprint density at radius 3 is 2.79 bits per heavy atom. The Balaban J connectivity index is 2.44. The second-order valence-corrected chi connectivity index (χ2v) is 3.80. The van der Waals surface area contributed by atoms with E-state index in [-0.39, 0.29) is 23.4 Å². The van der Waals surface area contributed by atoms with Crippen LogP contribution in [0.1, 0.15) is 5.56 Å². The highest BCUT2D eigenvalue weighted by Crippen LogP contribution is 2.34. The van der Waals surface area contributed by atoms with Crippen LogP contribution in [0.5, 0.6) is 11.6 Å². The normalized spacial score (nSPS) is 10.2. The topological polar surface area (TPSA) is 98.4 Å². The summed E-state index contributed by atoms with van der Waals surface area (Å²) in [6.07, 6.45) is 1.06. The Hall–Kier alpha value is -2.25. The largest absolute Gasteiger partial charge is 0.433 e. The average molecular weight is 282 g/mol. The van der Waals surface area contributed by atoms with Crippen LogP contribution in [0.3, 0.4) is 0 Å². The summed E-state index contributed by atoms with van der Waals surface area (Å²) in [4.78, 5) is 17.4. The van der Waals surface area contributed by atoms with E-state index in [0.29, 0.717) is 5.56 Å². The van der Waals surface area contributed by atoms with Gasteiger partial charge in [-0.1, -0.05) is 29.8 Å². The van der Waals surface area contributed by atoms with Gasteiger partial charge in [0.1, 0.15) is 12.1 Å². The van der Waals surface area contributed by atoms with Gasteiger partial charge in [0.05, 0.1) is 11.5 Å². The van der Waals surface area contributed by atoms with Gasteiger partial charge in [0.25, 0.3) is 0 Å². The number of aliphatic hydroxyl groups is 1. The molecule has 98 valence electrons. The molecule has 1 N–H and O–H groups in total. The average Bonchev–Trinajstić information content (AvgIpc) is 2.39. The third-order valence-corrected chi connectivity index (χ3v) is 2.55. The van der Waals surface area contributed by atoms with E-state index in [9.17, 15) is 10.1 Å². The fraction of sp³-hybridized carbons (Fsp3) is 0.0909. The van der Waals surface area contributed by atoms with Crippen LogP contribution in [0.15, 0.2) is 30.6 Å². The first kappa shape index (κ1) is 13.2. The molecule has 2 aromatic rings. The Morgan fingerprint density at radius 2 is 2.11 bits per heavy atom. The third-order valence-electron chi connectivity index (χ3n) is 2.28. The van der Waals surface area contributed by atoms with Crippen molar-refractivity contribution in [2.24, 2.45) is 0 Å². The number of para-hydroxylation sites is 1. The first-order chi connectivity index (χ1) is 9.13. The number of halogens is 1. The van der Waals surface area contributed by atoms with E-state index in [1.807, 2.05) is 0 Å². The second kappa shape index (κ2) is 5.59. The number of hydrogen-bond donors (Lipinski definition) is 1. The van der Waals surface area contributed by atoms with Gasteiger partial charge in [-0.05, 0) is 6.07 Å². The van der Waals surface area contributed by atoms with Gasteiger partial charge in [-0.3, -0.25) is 10.1 Å². The molecule has 0 unspecified atom stereocenters. The van der Waals surface area contributed by atoms with Crippen molar-refractivity contribution in [1.82, 2.24) is 9.97 Å². The van der Waals surface area contributed by atoms with E-state index in [4.69, 9.17) is 21.4 Å². The molecule has 0 bridgehead atoms. The van der Waals surface area contributed by atoms with Crippen molar-refractivity contribution in [2.75, 3.05) is 0 Å². The molecular weight excluding hydrogens is 274 g/mol. The van der Waals surface area contributed by atoms with Crippen molar-refractivity contribution in [1.29, 1.82) is 0 Å². The zero-order valence-corrected chi connectivity index (χ0v) is 10.2. The summed E-state index contributed by atoms with van der Waals surface area (Å²) < 4.78 is 5.34. The molecule has 0 saturated heterocycles. The Morgan fingerprint density at radius 1 is 1.37 bits per heavy atom. The molecule has 0 radical (unpaired) electrons. The summed E-state index contributed by atoms with van der Waals surface area (Å²) in [7, 11) is 0. The van der Waals surface area contributed by atoms with Crippen LogP contribution in [-0.4, -0.2) is 20.0 Å². The quantitative estimate of drug-likeness (QED) is 0.524. The number of rotatable bonds is 4. The molecule has 1 heterocycles. The number of hydrogen-bond acceptors (Lipinski definition) is 6. The molecule has 7 nitrogen and oxygen atoms in total. The highest BCUT2D eigenvalue weighted by molar-refractivity contribution is 6.31. The molecule has 0 atom stereocenters. The van der Waals surface area contributed by atoms with Gasteiger partial charge in [-0.25, -0.2) is 4.98 Å². The summed E-state index contributed by atoms with van der Waals surface area (Å²) in [5.74, 6) is -0.00577. The summed E-state index contributed by atoms with van der Waals surface area (Å²) in [6, 6.07) is 6.57. The lowest BCUT2D eigenvalue weighted by Gasteiger charge is -2.08. The molecule has 1 aromatic heterocycles. The van der Waals surface area contributed by atoms with E-state index in [0.717, 1.165) is 6.33 Å². The number of aromatic nitrogens is 2. The van der Waals surface area contributed by atoms with E-state index in [1.54, 1.807) is 24.3 Å². The van der Waals surface area contributed by atoms with Crippen molar-refractivity contribution in [3.8, 4) is 11.6 Å². The lowest BCUT2D eigenvalue weighted by Crippen LogP contribution is -2.00. The van der Waals surface area contributed by atoms with E-state index in [1.165, 1.54) is 0 Å². The lowest BCUT2D eigenvalue weighted by molar-refractivity contribution is -0.386. The highest BCUT2D eigenvalue weighted by atomic mass is 35.5. The van der Waals surface area contributed by atoms with Crippen LogP contribution in [0.4, 0.5) is 5.69 Å². The monoisotopic (exact) mass is 281 g/mol. The maximum absolute atomic E-state index is 10.9. The highest BCUT2D eigenvalue weighted by Gasteiger charge is 2.24. The second-order valence-electron chi connectivity index (χ2n) is 3.44. The van der Waals surface area contributed by atoms with E-state index in [2.05, 4.69) is 9.97 Å². The smallest absolute Gasteiger partial charge is 0.368 e. The van der Waals surface area contributed by atoms with Gasteiger partial charge in [-0.15, -0.1) is 0 Å². The number of aliphatic hydroxyl groups excluding tert-OH is 1. The summed E-state index contributed by atoms with van der Waals surface area (Å²) >= 11 is 5.64. The molecule has 0 aliphatic rings. The number of benzene rings is 1. The van der Waals surface area contributed by atoms with Crippen LogP contribution in [0.2, 0.25) is 5.15 Å². The SMILES string of the molecule is O=[N+]([O-])c1c(Cl)ncnc1Oc1ccccc1CO. The van der Waals surface area contributed by atoms with Crippen LogP contribution >= 0.6 is 11.6 Å².